The Morgan fingerprint density at radius 3 is 2.64 bits per heavy atom. The van der Waals surface area contributed by atoms with Crippen LogP contribution in [0.15, 0.2) is 47.4 Å². The number of amides is 1. The number of fused-ring (bicyclic) bond motifs is 1. The van der Waals surface area contributed by atoms with Gasteiger partial charge >= 0.3 is 5.97 Å². The summed E-state index contributed by atoms with van der Waals surface area (Å²) in [6.45, 7) is -0.709. The van der Waals surface area contributed by atoms with Crippen LogP contribution in [-0.2, 0) is 14.3 Å². The van der Waals surface area contributed by atoms with Crippen molar-refractivity contribution in [3.63, 3.8) is 0 Å². The molecule has 0 radical (unpaired) electrons. The number of carbonyl (C=O) groups excluding carboxylic acids is 3. The maximum absolute atomic E-state index is 12.5. The van der Waals surface area contributed by atoms with Gasteiger partial charge in [0.1, 0.15) is 18.0 Å². The topological polar surface area (TPSA) is 82.1 Å². The van der Waals surface area contributed by atoms with Gasteiger partial charge in [-0.05, 0) is 30.3 Å². The van der Waals surface area contributed by atoms with E-state index < -0.39 is 18.4 Å². The number of thioether (sulfide) groups is 1. The molecule has 1 heterocycles. The van der Waals surface area contributed by atoms with Crippen molar-refractivity contribution in [2.45, 2.75) is 4.90 Å². The van der Waals surface area contributed by atoms with Gasteiger partial charge in [-0.3, -0.25) is 19.3 Å². The van der Waals surface area contributed by atoms with Crippen LogP contribution >= 0.6 is 11.8 Å². The number of ketones is 1. The quantitative estimate of drug-likeness (QED) is 0.521. The number of rotatable bonds is 7. The van der Waals surface area contributed by atoms with Crippen LogP contribution in [0.4, 0.5) is 5.69 Å². The molecule has 1 aliphatic heterocycles. The lowest BCUT2D eigenvalue weighted by Gasteiger charge is -2.27. The van der Waals surface area contributed by atoms with Crippen LogP contribution in [0, 0.1) is 0 Å². The summed E-state index contributed by atoms with van der Waals surface area (Å²) < 4.78 is 15.4. The summed E-state index contributed by atoms with van der Waals surface area (Å²) >= 11 is 1.43. The predicted molar refractivity (Wildman–Crippen MR) is 104 cm³/mol. The van der Waals surface area contributed by atoms with Crippen molar-refractivity contribution < 1.29 is 28.6 Å². The molecule has 0 spiro atoms. The first-order chi connectivity index (χ1) is 13.5. The van der Waals surface area contributed by atoms with E-state index in [4.69, 9.17) is 14.2 Å². The first kappa shape index (κ1) is 19.8. The molecule has 0 N–H and O–H groups in total. The summed E-state index contributed by atoms with van der Waals surface area (Å²) in [7, 11) is 2.93. The molecule has 3 rings (SSSR count). The summed E-state index contributed by atoms with van der Waals surface area (Å²) in [5, 5.41) is 0. The second-order valence-corrected chi connectivity index (χ2v) is 6.90. The second kappa shape index (κ2) is 8.79. The van der Waals surface area contributed by atoms with E-state index in [1.165, 1.54) is 36.9 Å². The SMILES string of the molecule is COc1ccc(OC)c(C(=O)COC(=O)CN2C(=O)CSc3ccccc32)c1. The summed E-state index contributed by atoms with van der Waals surface area (Å²) in [6, 6.07) is 12.1. The van der Waals surface area contributed by atoms with E-state index >= 15 is 0 Å². The third-order valence-corrected chi connectivity index (χ3v) is 5.21. The third kappa shape index (κ3) is 4.28. The van der Waals surface area contributed by atoms with E-state index in [-0.39, 0.29) is 23.8 Å². The number of methoxy groups -OCH3 is 2. The van der Waals surface area contributed by atoms with Crippen LogP contribution in [0.5, 0.6) is 11.5 Å². The van der Waals surface area contributed by atoms with Gasteiger partial charge in [-0.2, -0.15) is 0 Å². The minimum absolute atomic E-state index is 0.179. The Bertz CT molecular complexity index is 913. The molecule has 28 heavy (non-hydrogen) atoms. The average molecular weight is 401 g/mol. The number of ether oxygens (including phenoxy) is 3. The lowest BCUT2D eigenvalue weighted by molar-refractivity contribution is -0.141. The number of carbonyl (C=O) groups is 3. The molecule has 0 fully saturated rings. The molecule has 146 valence electrons. The summed E-state index contributed by atoms with van der Waals surface area (Å²) in [6.07, 6.45) is 0. The molecule has 0 unspecified atom stereocenters. The Kier molecular flexibility index (Phi) is 6.20. The lowest BCUT2D eigenvalue weighted by Crippen LogP contribution is -2.40. The molecule has 0 aliphatic carbocycles. The van der Waals surface area contributed by atoms with Gasteiger partial charge in [0, 0.05) is 4.90 Å². The smallest absolute Gasteiger partial charge is 0.326 e. The van der Waals surface area contributed by atoms with Crippen molar-refractivity contribution in [3.05, 3.63) is 48.0 Å². The number of benzene rings is 2. The zero-order valence-electron chi connectivity index (χ0n) is 15.5. The van der Waals surface area contributed by atoms with Crippen LogP contribution in [0.3, 0.4) is 0 Å². The van der Waals surface area contributed by atoms with Crippen molar-refractivity contribution in [1.29, 1.82) is 0 Å². The third-order valence-electron chi connectivity index (χ3n) is 4.17. The van der Waals surface area contributed by atoms with Crippen molar-refractivity contribution in [2.75, 3.05) is 38.0 Å². The predicted octanol–water partition coefficient (Wildman–Crippen LogP) is 2.57. The van der Waals surface area contributed by atoms with E-state index in [0.717, 1.165) is 4.90 Å². The molecule has 2 aromatic carbocycles. The number of hydrogen-bond donors (Lipinski definition) is 0. The van der Waals surface area contributed by atoms with Gasteiger partial charge in [0.2, 0.25) is 11.7 Å². The van der Waals surface area contributed by atoms with Gasteiger partial charge in [0.05, 0.1) is 31.2 Å². The monoisotopic (exact) mass is 401 g/mol. The molecule has 1 aliphatic rings. The van der Waals surface area contributed by atoms with Gasteiger partial charge in [-0.15, -0.1) is 11.8 Å². The molecule has 8 heteroatoms. The molecule has 0 saturated carbocycles. The highest BCUT2D eigenvalue weighted by Gasteiger charge is 2.27. The Balaban J connectivity index is 1.65. The largest absolute Gasteiger partial charge is 0.497 e. The van der Waals surface area contributed by atoms with E-state index in [1.807, 2.05) is 12.1 Å². The Morgan fingerprint density at radius 2 is 1.89 bits per heavy atom. The fraction of sp³-hybridized carbons (Fsp3) is 0.250. The number of hydrogen-bond acceptors (Lipinski definition) is 7. The molecule has 0 atom stereocenters. The van der Waals surface area contributed by atoms with Crippen molar-refractivity contribution >= 4 is 35.1 Å². The second-order valence-electron chi connectivity index (χ2n) is 5.89. The number of Topliss-reactive ketones (excluding diaryl/α,β-unsaturated/α-hetero) is 1. The van der Waals surface area contributed by atoms with E-state index in [1.54, 1.807) is 24.3 Å². The normalized spacial score (nSPS) is 12.9. The van der Waals surface area contributed by atoms with Crippen molar-refractivity contribution in [2.24, 2.45) is 0 Å². The zero-order valence-corrected chi connectivity index (χ0v) is 16.3. The van der Waals surface area contributed by atoms with E-state index in [0.29, 0.717) is 17.2 Å². The molecule has 2 aromatic rings. The van der Waals surface area contributed by atoms with Crippen molar-refractivity contribution in [1.82, 2.24) is 0 Å². The number of nitrogens with zero attached hydrogens (tertiary/aromatic N) is 1. The Labute approximate surface area is 166 Å². The van der Waals surface area contributed by atoms with Crippen LogP contribution in [0.1, 0.15) is 10.4 Å². The van der Waals surface area contributed by atoms with Gasteiger partial charge in [0.15, 0.2) is 6.61 Å². The van der Waals surface area contributed by atoms with E-state index in [9.17, 15) is 14.4 Å². The molecular formula is C20H19NO6S. The number of para-hydroxylation sites is 1. The molecule has 0 saturated heterocycles. The lowest BCUT2D eigenvalue weighted by atomic mass is 10.1. The minimum Gasteiger partial charge on any atom is -0.497 e. The zero-order chi connectivity index (χ0) is 20.1. The molecular weight excluding hydrogens is 382 g/mol. The first-order valence-electron chi connectivity index (χ1n) is 8.46. The maximum Gasteiger partial charge on any atom is 0.326 e. The van der Waals surface area contributed by atoms with Crippen LogP contribution in [-0.4, -0.2) is 50.8 Å². The van der Waals surface area contributed by atoms with Crippen LogP contribution < -0.4 is 14.4 Å². The van der Waals surface area contributed by atoms with Gasteiger partial charge < -0.3 is 14.2 Å². The van der Waals surface area contributed by atoms with Gasteiger partial charge in [0.25, 0.3) is 0 Å². The molecule has 0 aromatic heterocycles. The highest BCUT2D eigenvalue weighted by molar-refractivity contribution is 8.00. The minimum atomic E-state index is -0.662. The molecule has 1 amide bonds. The standard InChI is InChI=1S/C20H19NO6S/c1-25-13-7-8-17(26-2)14(9-13)16(22)11-27-20(24)10-21-15-5-3-4-6-18(15)28-12-19(21)23/h3-9H,10-12H2,1-2H3. The van der Waals surface area contributed by atoms with E-state index in [2.05, 4.69) is 0 Å². The Morgan fingerprint density at radius 1 is 1.11 bits per heavy atom. The van der Waals surface area contributed by atoms with Crippen LogP contribution in [0.25, 0.3) is 0 Å². The average Bonchev–Trinajstić information content (AvgIpc) is 2.73. The van der Waals surface area contributed by atoms with Crippen molar-refractivity contribution in [3.8, 4) is 11.5 Å². The number of anilines is 1. The summed E-state index contributed by atoms with van der Waals surface area (Å²) in [4.78, 5) is 39.2. The highest BCUT2D eigenvalue weighted by Crippen LogP contribution is 2.34. The molecule has 7 nitrogen and oxygen atoms in total. The Hall–Kier alpha value is -3.00. The maximum atomic E-state index is 12.5. The summed E-state index contributed by atoms with van der Waals surface area (Å²) in [5.74, 6) is -0.163. The van der Waals surface area contributed by atoms with Gasteiger partial charge in [-0.25, -0.2) is 0 Å². The highest BCUT2D eigenvalue weighted by atomic mass is 32.2. The fourth-order valence-corrected chi connectivity index (χ4v) is 3.69. The molecule has 0 bridgehead atoms. The number of esters is 1. The fourth-order valence-electron chi connectivity index (χ4n) is 2.76. The first-order valence-corrected chi connectivity index (χ1v) is 9.45. The summed E-state index contributed by atoms with van der Waals surface area (Å²) in [5.41, 5.74) is 0.923. The van der Waals surface area contributed by atoms with Crippen LogP contribution in [0.2, 0.25) is 0 Å². The van der Waals surface area contributed by atoms with Gasteiger partial charge in [-0.1, -0.05) is 12.1 Å².